The van der Waals surface area contributed by atoms with E-state index >= 15 is 0 Å². The van der Waals surface area contributed by atoms with Crippen LogP contribution >= 0.6 is 0 Å². The number of piperidine rings is 1. The van der Waals surface area contributed by atoms with E-state index in [2.05, 4.69) is 12.2 Å². The van der Waals surface area contributed by atoms with Crippen molar-refractivity contribution in [2.45, 2.75) is 38.3 Å². The molecule has 0 aliphatic carbocycles. The van der Waals surface area contributed by atoms with Crippen molar-refractivity contribution < 1.29 is 9.47 Å². The molecule has 1 aliphatic rings. The van der Waals surface area contributed by atoms with Gasteiger partial charge in [0, 0.05) is 12.1 Å². The highest BCUT2D eigenvalue weighted by molar-refractivity contribution is 5.36. The van der Waals surface area contributed by atoms with Crippen LogP contribution < -0.4 is 14.8 Å². The first-order chi connectivity index (χ1) is 10.8. The van der Waals surface area contributed by atoms with E-state index in [1.54, 1.807) is 0 Å². The predicted molar refractivity (Wildman–Crippen MR) is 88.7 cm³/mol. The van der Waals surface area contributed by atoms with E-state index in [9.17, 15) is 0 Å². The van der Waals surface area contributed by atoms with Gasteiger partial charge in [0.15, 0.2) is 0 Å². The molecule has 0 radical (unpaired) electrons. The Hall–Kier alpha value is -2.00. The van der Waals surface area contributed by atoms with Gasteiger partial charge in [0.1, 0.15) is 23.4 Å². The Kier molecular flexibility index (Phi) is 4.96. The molecule has 1 aliphatic heterocycles. The van der Waals surface area contributed by atoms with Gasteiger partial charge in [-0.1, -0.05) is 30.7 Å². The number of nitrogens with one attached hydrogen (secondary N) is 1. The quantitative estimate of drug-likeness (QED) is 0.888. The maximum atomic E-state index is 6.09. The lowest BCUT2D eigenvalue weighted by Gasteiger charge is -2.29. The standard InChI is InChI=1S/C19H23NO2/c1-15(19-12-5-6-13-20-19)21-17-10-7-11-18(14-17)22-16-8-3-2-4-9-16/h2-4,7-11,14-15,19-20H,5-6,12-13H2,1H3/t15?,19-/m0/s1. The number of rotatable bonds is 5. The molecule has 1 saturated heterocycles. The monoisotopic (exact) mass is 297 g/mol. The maximum absolute atomic E-state index is 6.09. The fourth-order valence-electron chi connectivity index (χ4n) is 2.81. The Morgan fingerprint density at radius 1 is 0.955 bits per heavy atom. The van der Waals surface area contributed by atoms with E-state index in [0.29, 0.717) is 6.04 Å². The molecule has 3 heteroatoms. The molecule has 2 aromatic carbocycles. The molecule has 3 rings (SSSR count). The van der Waals surface area contributed by atoms with Gasteiger partial charge in [-0.25, -0.2) is 0 Å². The first-order valence-electron chi connectivity index (χ1n) is 8.04. The third-order valence-electron chi connectivity index (χ3n) is 4.02. The number of ether oxygens (including phenoxy) is 2. The molecule has 1 heterocycles. The first-order valence-corrected chi connectivity index (χ1v) is 8.04. The van der Waals surface area contributed by atoms with Gasteiger partial charge in [-0.2, -0.15) is 0 Å². The molecule has 0 spiro atoms. The molecular formula is C19H23NO2. The van der Waals surface area contributed by atoms with Crippen LogP contribution in [0.1, 0.15) is 26.2 Å². The molecule has 2 aromatic rings. The van der Waals surface area contributed by atoms with Gasteiger partial charge in [0.05, 0.1) is 0 Å². The average Bonchev–Trinajstić information content (AvgIpc) is 2.57. The Morgan fingerprint density at radius 3 is 2.50 bits per heavy atom. The van der Waals surface area contributed by atoms with E-state index in [4.69, 9.17) is 9.47 Å². The highest BCUT2D eigenvalue weighted by atomic mass is 16.5. The molecule has 22 heavy (non-hydrogen) atoms. The summed E-state index contributed by atoms with van der Waals surface area (Å²) in [6, 6.07) is 18.1. The maximum Gasteiger partial charge on any atom is 0.131 e. The molecule has 1 unspecified atom stereocenters. The van der Waals surface area contributed by atoms with Crippen molar-refractivity contribution >= 4 is 0 Å². The lowest BCUT2D eigenvalue weighted by molar-refractivity contribution is 0.152. The molecule has 0 amide bonds. The molecule has 1 fully saturated rings. The molecule has 2 atom stereocenters. The second-order valence-electron chi connectivity index (χ2n) is 5.77. The minimum atomic E-state index is 0.160. The van der Waals surface area contributed by atoms with Gasteiger partial charge in [-0.05, 0) is 50.6 Å². The summed E-state index contributed by atoms with van der Waals surface area (Å²) >= 11 is 0. The van der Waals surface area contributed by atoms with Crippen molar-refractivity contribution in [3.8, 4) is 17.2 Å². The lowest BCUT2D eigenvalue weighted by Crippen LogP contribution is -2.44. The second-order valence-corrected chi connectivity index (χ2v) is 5.77. The lowest BCUT2D eigenvalue weighted by atomic mass is 10.0. The number of para-hydroxylation sites is 1. The summed E-state index contributed by atoms with van der Waals surface area (Å²) in [5.74, 6) is 2.49. The Balaban J connectivity index is 1.63. The highest BCUT2D eigenvalue weighted by Gasteiger charge is 2.20. The SMILES string of the molecule is CC(Oc1cccc(Oc2ccccc2)c1)[C@@H]1CCCCN1. The summed E-state index contributed by atoms with van der Waals surface area (Å²) in [6.07, 6.45) is 3.89. The van der Waals surface area contributed by atoms with E-state index in [1.165, 1.54) is 19.3 Å². The molecule has 116 valence electrons. The van der Waals surface area contributed by atoms with Crippen LogP contribution in [0.2, 0.25) is 0 Å². The van der Waals surface area contributed by atoms with Crippen LogP contribution in [0.3, 0.4) is 0 Å². The fraction of sp³-hybridized carbons (Fsp3) is 0.368. The van der Waals surface area contributed by atoms with Crippen LogP contribution in [-0.2, 0) is 0 Å². The Bertz CT molecular complexity index is 579. The summed E-state index contributed by atoms with van der Waals surface area (Å²) in [5.41, 5.74) is 0. The largest absolute Gasteiger partial charge is 0.489 e. The molecular weight excluding hydrogens is 274 g/mol. The third-order valence-corrected chi connectivity index (χ3v) is 4.02. The molecule has 1 N–H and O–H groups in total. The van der Waals surface area contributed by atoms with Gasteiger partial charge in [-0.3, -0.25) is 0 Å². The fourth-order valence-corrected chi connectivity index (χ4v) is 2.81. The summed E-state index contributed by atoms with van der Waals surface area (Å²) < 4.78 is 11.9. The summed E-state index contributed by atoms with van der Waals surface area (Å²) in [6.45, 7) is 3.23. The van der Waals surface area contributed by atoms with Gasteiger partial charge in [0.2, 0.25) is 0 Å². The second kappa shape index (κ2) is 7.32. The van der Waals surface area contributed by atoms with E-state index < -0.39 is 0 Å². The van der Waals surface area contributed by atoms with E-state index in [0.717, 1.165) is 23.8 Å². The normalized spacial score (nSPS) is 19.4. The first kappa shape index (κ1) is 14.9. The zero-order valence-electron chi connectivity index (χ0n) is 13.0. The third kappa shape index (κ3) is 4.01. The van der Waals surface area contributed by atoms with Crippen molar-refractivity contribution in [3.63, 3.8) is 0 Å². The van der Waals surface area contributed by atoms with Gasteiger partial charge in [0.25, 0.3) is 0 Å². The molecule has 3 nitrogen and oxygen atoms in total. The average molecular weight is 297 g/mol. The van der Waals surface area contributed by atoms with Crippen molar-refractivity contribution in [2.24, 2.45) is 0 Å². The number of hydrogen-bond donors (Lipinski definition) is 1. The zero-order valence-corrected chi connectivity index (χ0v) is 13.0. The van der Waals surface area contributed by atoms with Crippen LogP contribution in [0.15, 0.2) is 54.6 Å². The summed E-state index contributed by atoms with van der Waals surface area (Å²) in [5, 5.41) is 3.54. The van der Waals surface area contributed by atoms with E-state index in [1.807, 2.05) is 54.6 Å². The van der Waals surface area contributed by atoms with Crippen LogP contribution in [0.25, 0.3) is 0 Å². The van der Waals surface area contributed by atoms with Gasteiger partial charge < -0.3 is 14.8 Å². The van der Waals surface area contributed by atoms with Crippen molar-refractivity contribution in [3.05, 3.63) is 54.6 Å². The number of benzene rings is 2. The number of hydrogen-bond acceptors (Lipinski definition) is 3. The van der Waals surface area contributed by atoms with E-state index in [-0.39, 0.29) is 6.10 Å². The van der Waals surface area contributed by atoms with Crippen LogP contribution in [0.5, 0.6) is 17.2 Å². The topological polar surface area (TPSA) is 30.5 Å². The zero-order chi connectivity index (χ0) is 15.2. The smallest absolute Gasteiger partial charge is 0.131 e. The van der Waals surface area contributed by atoms with Crippen LogP contribution in [0, 0.1) is 0 Å². The minimum absolute atomic E-state index is 0.160. The van der Waals surface area contributed by atoms with Crippen molar-refractivity contribution in [2.75, 3.05) is 6.54 Å². The minimum Gasteiger partial charge on any atom is -0.489 e. The van der Waals surface area contributed by atoms with Gasteiger partial charge >= 0.3 is 0 Å². The van der Waals surface area contributed by atoms with Gasteiger partial charge in [-0.15, -0.1) is 0 Å². The Labute approximate surface area is 132 Å². The van der Waals surface area contributed by atoms with Crippen molar-refractivity contribution in [1.82, 2.24) is 5.32 Å². The highest BCUT2D eigenvalue weighted by Crippen LogP contribution is 2.26. The summed E-state index contributed by atoms with van der Waals surface area (Å²) in [4.78, 5) is 0. The van der Waals surface area contributed by atoms with Crippen LogP contribution in [-0.4, -0.2) is 18.7 Å². The molecule has 0 saturated carbocycles. The van der Waals surface area contributed by atoms with Crippen LogP contribution in [0.4, 0.5) is 0 Å². The molecule has 0 bridgehead atoms. The van der Waals surface area contributed by atoms with Crippen molar-refractivity contribution in [1.29, 1.82) is 0 Å². The Morgan fingerprint density at radius 2 is 1.73 bits per heavy atom. The molecule has 0 aromatic heterocycles. The summed E-state index contributed by atoms with van der Waals surface area (Å²) in [7, 11) is 0. The predicted octanol–water partition coefficient (Wildman–Crippen LogP) is 4.39.